The quantitative estimate of drug-likeness (QED) is 0.684. The van der Waals surface area contributed by atoms with Crippen molar-refractivity contribution in [1.29, 1.82) is 0 Å². The highest BCUT2D eigenvalue weighted by Crippen LogP contribution is 2.24. The van der Waals surface area contributed by atoms with Gasteiger partial charge < -0.3 is 9.80 Å². The van der Waals surface area contributed by atoms with Gasteiger partial charge in [-0.1, -0.05) is 19.8 Å². The lowest BCUT2D eigenvalue weighted by molar-refractivity contribution is -0.136. The molecule has 0 heterocycles. The van der Waals surface area contributed by atoms with Crippen molar-refractivity contribution in [2.75, 3.05) is 33.1 Å². The predicted molar refractivity (Wildman–Crippen MR) is 72.4 cm³/mol. The molecular weight excluding hydrogens is 236 g/mol. The van der Waals surface area contributed by atoms with Crippen LogP contribution in [0.3, 0.4) is 0 Å². The minimum atomic E-state index is -0.0561. The zero-order valence-electron chi connectivity index (χ0n) is 11.3. The van der Waals surface area contributed by atoms with Crippen LogP contribution in [0.5, 0.6) is 0 Å². The predicted octanol–water partition coefficient (Wildman–Crippen LogP) is 2.19. The summed E-state index contributed by atoms with van der Waals surface area (Å²) >= 11 is 5.80. The summed E-state index contributed by atoms with van der Waals surface area (Å²) in [4.78, 5) is 16.5. The normalized spacial score (nSPS) is 18.6. The van der Waals surface area contributed by atoms with Crippen LogP contribution in [0.1, 0.15) is 32.6 Å². The van der Waals surface area contributed by atoms with Gasteiger partial charge in [-0.2, -0.15) is 0 Å². The van der Waals surface area contributed by atoms with Crippen molar-refractivity contribution in [3.8, 4) is 0 Å². The molecule has 1 fully saturated rings. The van der Waals surface area contributed by atoms with E-state index in [2.05, 4.69) is 9.80 Å². The first-order valence-electron chi connectivity index (χ1n) is 6.57. The summed E-state index contributed by atoms with van der Waals surface area (Å²) in [6, 6.07) is 0.452. The number of likely N-dealkylation sites (N-methyl/N-ethyl adjacent to an activating group) is 1. The Morgan fingerprint density at radius 2 is 1.88 bits per heavy atom. The monoisotopic (exact) mass is 260 g/mol. The summed E-state index contributed by atoms with van der Waals surface area (Å²) in [7, 11) is 4.09. The van der Waals surface area contributed by atoms with E-state index in [4.69, 9.17) is 11.6 Å². The lowest BCUT2D eigenvalue weighted by Crippen LogP contribution is -2.45. The van der Waals surface area contributed by atoms with Gasteiger partial charge in [-0.25, -0.2) is 0 Å². The average molecular weight is 261 g/mol. The Labute approximate surface area is 110 Å². The maximum absolute atomic E-state index is 12.3. The van der Waals surface area contributed by atoms with Crippen LogP contribution in [0.2, 0.25) is 0 Å². The largest absolute Gasteiger partial charge is 0.338 e. The van der Waals surface area contributed by atoms with Crippen LogP contribution in [0.15, 0.2) is 0 Å². The number of hydrogen-bond donors (Lipinski definition) is 0. The summed E-state index contributed by atoms with van der Waals surface area (Å²) in [6.45, 7) is 3.68. The Bertz CT molecular complexity index is 240. The van der Waals surface area contributed by atoms with E-state index in [0.29, 0.717) is 11.9 Å². The molecule has 0 N–H and O–H groups in total. The average Bonchev–Trinajstić information content (AvgIpc) is 2.81. The van der Waals surface area contributed by atoms with Gasteiger partial charge in [0.05, 0.1) is 0 Å². The van der Waals surface area contributed by atoms with Crippen LogP contribution in [-0.4, -0.2) is 54.8 Å². The molecule has 17 heavy (non-hydrogen) atoms. The van der Waals surface area contributed by atoms with Crippen LogP contribution in [0.4, 0.5) is 0 Å². The van der Waals surface area contributed by atoms with Gasteiger partial charge in [-0.3, -0.25) is 4.79 Å². The SMILES string of the molecule is CC(CCl)C(=O)N(CCN(C)C)C1CCCC1. The summed E-state index contributed by atoms with van der Waals surface area (Å²) in [5, 5.41) is 0. The van der Waals surface area contributed by atoms with E-state index in [1.54, 1.807) is 0 Å². The van der Waals surface area contributed by atoms with Crippen LogP contribution < -0.4 is 0 Å². The molecule has 3 nitrogen and oxygen atoms in total. The number of hydrogen-bond acceptors (Lipinski definition) is 2. The van der Waals surface area contributed by atoms with E-state index in [1.165, 1.54) is 12.8 Å². The van der Waals surface area contributed by atoms with Gasteiger partial charge in [-0.15, -0.1) is 11.6 Å². The van der Waals surface area contributed by atoms with Crippen molar-refractivity contribution in [1.82, 2.24) is 9.80 Å². The summed E-state index contributed by atoms with van der Waals surface area (Å²) < 4.78 is 0. The highest BCUT2D eigenvalue weighted by atomic mass is 35.5. The first-order chi connectivity index (χ1) is 8.06. The maximum atomic E-state index is 12.3. The molecule has 1 saturated carbocycles. The van der Waals surface area contributed by atoms with Gasteiger partial charge in [0, 0.05) is 30.9 Å². The van der Waals surface area contributed by atoms with Crippen LogP contribution in [0.25, 0.3) is 0 Å². The minimum absolute atomic E-state index is 0.0561. The van der Waals surface area contributed by atoms with Crippen LogP contribution in [0, 0.1) is 5.92 Å². The second kappa shape index (κ2) is 7.22. The fourth-order valence-corrected chi connectivity index (χ4v) is 2.48. The lowest BCUT2D eigenvalue weighted by Gasteiger charge is -2.32. The molecule has 0 aromatic heterocycles. The molecule has 0 aromatic rings. The third-order valence-corrected chi connectivity index (χ3v) is 3.95. The molecule has 0 aromatic carbocycles. The van der Waals surface area contributed by atoms with Crippen molar-refractivity contribution < 1.29 is 4.79 Å². The van der Waals surface area contributed by atoms with Gasteiger partial charge in [0.1, 0.15) is 0 Å². The molecule has 0 aliphatic heterocycles. The minimum Gasteiger partial charge on any atom is -0.338 e. The number of rotatable bonds is 6. The van der Waals surface area contributed by atoms with E-state index in [-0.39, 0.29) is 11.8 Å². The van der Waals surface area contributed by atoms with Crippen molar-refractivity contribution >= 4 is 17.5 Å². The molecule has 0 spiro atoms. The highest BCUT2D eigenvalue weighted by Gasteiger charge is 2.28. The van der Waals surface area contributed by atoms with Crippen molar-refractivity contribution in [3.05, 3.63) is 0 Å². The second-order valence-electron chi connectivity index (χ2n) is 5.33. The number of alkyl halides is 1. The van der Waals surface area contributed by atoms with Crippen molar-refractivity contribution in [2.24, 2.45) is 5.92 Å². The molecular formula is C13H25ClN2O. The molecule has 1 amide bonds. The molecule has 100 valence electrons. The number of amides is 1. The smallest absolute Gasteiger partial charge is 0.226 e. The Morgan fingerprint density at radius 3 is 2.35 bits per heavy atom. The van der Waals surface area contributed by atoms with E-state index in [9.17, 15) is 4.79 Å². The van der Waals surface area contributed by atoms with Gasteiger partial charge >= 0.3 is 0 Å². The zero-order chi connectivity index (χ0) is 12.8. The Balaban J connectivity index is 2.60. The molecule has 0 radical (unpaired) electrons. The molecule has 1 atom stereocenters. The number of carbonyl (C=O) groups is 1. The fourth-order valence-electron chi connectivity index (χ4n) is 2.35. The van der Waals surface area contributed by atoms with Gasteiger partial charge in [0.25, 0.3) is 0 Å². The Morgan fingerprint density at radius 1 is 1.29 bits per heavy atom. The molecule has 0 bridgehead atoms. The zero-order valence-corrected chi connectivity index (χ0v) is 12.0. The van der Waals surface area contributed by atoms with Gasteiger partial charge in [0.2, 0.25) is 5.91 Å². The number of nitrogens with zero attached hydrogens (tertiary/aromatic N) is 2. The maximum Gasteiger partial charge on any atom is 0.226 e. The molecule has 0 saturated heterocycles. The van der Waals surface area contributed by atoms with Crippen LogP contribution in [-0.2, 0) is 4.79 Å². The number of halogens is 1. The molecule has 4 heteroatoms. The highest BCUT2D eigenvalue weighted by molar-refractivity contribution is 6.19. The standard InChI is InChI=1S/C13H25ClN2O/c1-11(10-14)13(17)16(9-8-15(2)3)12-6-4-5-7-12/h11-12H,4-10H2,1-3H3. The third-order valence-electron chi connectivity index (χ3n) is 3.49. The van der Waals surface area contributed by atoms with Gasteiger partial charge in [0.15, 0.2) is 0 Å². The first-order valence-corrected chi connectivity index (χ1v) is 7.11. The third kappa shape index (κ3) is 4.47. The fraction of sp³-hybridized carbons (Fsp3) is 0.923. The van der Waals surface area contributed by atoms with Crippen molar-refractivity contribution in [2.45, 2.75) is 38.6 Å². The summed E-state index contributed by atoms with van der Waals surface area (Å²) in [5.41, 5.74) is 0. The van der Waals surface area contributed by atoms with E-state index in [1.807, 2.05) is 21.0 Å². The lowest BCUT2D eigenvalue weighted by atomic mass is 10.1. The Kier molecular flexibility index (Phi) is 6.28. The second-order valence-corrected chi connectivity index (χ2v) is 5.64. The topological polar surface area (TPSA) is 23.6 Å². The summed E-state index contributed by atoms with van der Waals surface area (Å²) in [6.07, 6.45) is 4.83. The van der Waals surface area contributed by atoms with Crippen LogP contribution >= 0.6 is 11.6 Å². The van der Waals surface area contributed by atoms with E-state index < -0.39 is 0 Å². The van der Waals surface area contributed by atoms with E-state index >= 15 is 0 Å². The molecule has 1 aliphatic rings. The molecule has 1 aliphatic carbocycles. The Hall–Kier alpha value is -0.280. The van der Waals surface area contributed by atoms with Crippen molar-refractivity contribution in [3.63, 3.8) is 0 Å². The first kappa shape index (κ1) is 14.8. The molecule has 1 unspecified atom stereocenters. The summed E-state index contributed by atoms with van der Waals surface area (Å²) in [5.74, 6) is 0.595. The number of carbonyl (C=O) groups excluding carboxylic acids is 1. The van der Waals surface area contributed by atoms with Gasteiger partial charge in [-0.05, 0) is 26.9 Å². The van der Waals surface area contributed by atoms with E-state index in [0.717, 1.165) is 25.9 Å². The molecule has 1 rings (SSSR count).